The Morgan fingerprint density at radius 1 is 1.21 bits per heavy atom. The number of hydrogen-bond donors (Lipinski definition) is 1. The van der Waals surface area contributed by atoms with Crippen LogP contribution < -0.4 is 10.2 Å². The highest BCUT2D eigenvalue weighted by Crippen LogP contribution is 2.15. The number of benzene rings is 2. The molecular formula is C17H14N4O3. The topological polar surface area (TPSA) is 106 Å². The lowest BCUT2D eigenvalue weighted by atomic mass is 10.2. The molecule has 0 bridgehead atoms. The highest BCUT2D eigenvalue weighted by Gasteiger charge is 2.17. The number of amides is 1. The first-order valence-corrected chi connectivity index (χ1v) is 7.17. The molecule has 0 aliphatic heterocycles. The van der Waals surface area contributed by atoms with Gasteiger partial charge >= 0.3 is 0 Å². The van der Waals surface area contributed by atoms with Gasteiger partial charge in [0.1, 0.15) is 11.7 Å². The van der Waals surface area contributed by atoms with Crippen LogP contribution in [0.1, 0.15) is 21.7 Å². The largest absolute Gasteiger partial charge is 0.805 e. The van der Waals surface area contributed by atoms with Crippen molar-refractivity contribution < 1.29 is 9.22 Å². The van der Waals surface area contributed by atoms with E-state index in [0.717, 1.165) is 0 Å². The molecule has 0 saturated carbocycles. The Morgan fingerprint density at radius 2 is 1.88 bits per heavy atom. The van der Waals surface area contributed by atoms with E-state index in [4.69, 9.17) is 5.73 Å². The number of nitrogens with two attached hydrogens (primary N) is 1. The van der Waals surface area contributed by atoms with Crippen LogP contribution in [-0.2, 0) is 0 Å². The smallest absolute Gasteiger partial charge is 0.300 e. The number of fused-ring (bicyclic) bond motifs is 1. The van der Waals surface area contributed by atoms with Crippen LogP contribution in [0.25, 0.3) is 11.0 Å². The molecule has 0 saturated heterocycles. The van der Waals surface area contributed by atoms with Crippen molar-refractivity contribution in [3.05, 3.63) is 75.6 Å². The van der Waals surface area contributed by atoms with E-state index in [-0.39, 0.29) is 16.9 Å². The van der Waals surface area contributed by atoms with E-state index in [1.807, 2.05) is 0 Å². The molecule has 3 aromatic rings. The molecule has 1 heterocycles. The fourth-order valence-corrected chi connectivity index (χ4v) is 2.36. The molecule has 0 unspecified atom stereocenters. The summed E-state index contributed by atoms with van der Waals surface area (Å²) < 4.78 is 1.39. The Kier molecular flexibility index (Phi) is 3.83. The van der Waals surface area contributed by atoms with Gasteiger partial charge < -0.3 is 15.7 Å². The number of aliphatic imine (C=N–C) groups is 1. The minimum atomic E-state index is -0.527. The zero-order valence-corrected chi connectivity index (χ0v) is 12.8. The molecule has 7 nitrogen and oxygen atoms in total. The predicted octanol–water partition coefficient (Wildman–Crippen LogP) is 2.06. The number of primary amides is 1. The fraction of sp³-hybridized carbons (Fsp3) is 0.0588. The van der Waals surface area contributed by atoms with Gasteiger partial charge in [0.2, 0.25) is 5.91 Å². The Hall–Kier alpha value is -3.48. The van der Waals surface area contributed by atoms with Crippen LogP contribution in [0.2, 0.25) is 0 Å². The van der Waals surface area contributed by atoms with Crippen molar-refractivity contribution in [2.75, 3.05) is 0 Å². The second kappa shape index (κ2) is 5.96. The van der Waals surface area contributed by atoms with Crippen molar-refractivity contribution in [1.29, 1.82) is 0 Å². The summed E-state index contributed by atoms with van der Waals surface area (Å²) in [5, 5.41) is 12.3. The predicted molar refractivity (Wildman–Crippen MR) is 91.0 cm³/mol. The lowest BCUT2D eigenvalue weighted by Gasteiger charge is -2.15. The van der Waals surface area contributed by atoms with Gasteiger partial charge in [-0.1, -0.05) is 12.1 Å². The number of rotatable bonds is 3. The molecule has 1 amide bonds. The summed E-state index contributed by atoms with van der Waals surface area (Å²) in [6, 6.07) is 12.9. The van der Waals surface area contributed by atoms with Crippen LogP contribution >= 0.6 is 0 Å². The lowest BCUT2D eigenvalue weighted by molar-refractivity contribution is -0.466. The van der Waals surface area contributed by atoms with Gasteiger partial charge in [0.15, 0.2) is 0 Å². The van der Waals surface area contributed by atoms with Crippen LogP contribution in [0.3, 0.4) is 0 Å². The Morgan fingerprint density at radius 3 is 2.54 bits per heavy atom. The standard InChI is InChI=1S/C17H14N4O3/c1-11-16(10-19-13-8-6-12(7-9-13)17(18)22)21(24)15-5-3-2-4-14(15)20(11)23/h2-10H,1H3,(H2,18,22). The third-order valence-electron chi connectivity index (χ3n) is 3.70. The molecular weight excluding hydrogens is 308 g/mol. The molecule has 24 heavy (non-hydrogen) atoms. The Labute approximate surface area is 136 Å². The van der Waals surface area contributed by atoms with Crippen LogP contribution in [0.4, 0.5) is 5.69 Å². The van der Waals surface area contributed by atoms with Crippen molar-refractivity contribution >= 4 is 28.8 Å². The van der Waals surface area contributed by atoms with E-state index in [2.05, 4.69) is 4.99 Å². The number of para-hydroxylation sites is 2. The molecule has 0 aliphatic rings. The maximum Gasteiger partial charge on any atom is 0.300 e. The molecule has 0 spiro atoms. The van der Waals surface area contributed by atoms with E-state index in [1.165, 1.54) is 6.21 Å². The van der Waals surface area contributed by atoms with E-state index in [1.54, 1.807) is 55.5 Å². The van der Waals surface area contributed by atoms with Crippen molar-refractivity contribution in [3.8, 4) is 0 Å². The molecule has 2 N–H and O–H groups in total. The summed E-state index contributed by atoms with van der Waals surface area (Å²) in [6.07, 6.45) is 1.34. The molecule has 0 aliphatic carbocycles. The average molecular weight is 322 g/mol. The van der Waals surface area contributed by atoms with Crippen LogP contribution in [0.5, 0.6) is 0 Å². The highest BCUT2D eigenvalue weighted by molar-refractivity contribution is 5.93. The van der Waals surface area contributed by atoms with Crippen LogP contribution in [-0.4, -0.2) is 16.9 Å². The quantitative estimate of drug-likeness (QED) is 0.589. The Bertz CT molecular complexity index is 1020. The summed E-state index contributed by atoms with van der Waals surface area (Å²) in [4.78, 5) is 27.7. The molecule has 2 aromatic carbocycles. The third-order valence-corrected chi connectivity index (χ3v) is 3.70. The van der Waals surface area contributed by atoms with E-state index < -0.39 is 5.91 Å². The van der Waals surface area contributed by atoms with E-state index in [0.29, 0.717) is 25.9 Å². The van der Waals surface area contributed by atoms with Gasteiger partial charge in [-0.25, -0.2) is 4.99 Å². The average Bonchev–Trinajstić information content (AvgIpc) is 2.60. The number of aromatic nitrogens is 2. The summed E-state index contributed by atoms with van der Waals surface area (Å²) in [5.41, 5.74) is 7.05. The zero-order chi connectivity index (χ0) is 17.3. The minimum Gasteiger partial charge on any atom is -0.805 e. The second-order valence-corrected chi connectivity index (χ2v) is 5.22. The van der Waals surface area contributed by atoms with Gasteiger partial charge in [-0.05, 0) is 37.3 Å². The monoisotopic (exact) mass is 322 g/mol. The number of hydrogen-bond acceptors (Lipinski definition) is 4. The van der Waals surface area contributed by atoms with Gasteiger partial charge in [0.25, 0.3) is 11.2 Å². The minimum absolute atomic E-state index is 0.155. The van der Waals surface area contributed by atoms with Crippen molar-refractivity contribution in [1.82, 2.24) is 4.73 Å². The molecule has 0 radical (unpaired) electrons. The van der Waals surface area contributed by atoms with Crippen LogP contribution in [0, 0.1) is 17.0 Å². The van der Waals surface area contributed by atoms with Gasteiger partial charge in [0, 0.05) is 16.5 Å². The molecule has 120 valence electrons. The summed E-state index contributed by atoms with van der Waals surface area (Å²) in [7, 11) is 0. The van der Waals surface area contributed by atoms with Gasteiger partial charge in [-0.2, -0.15) is 0 Å². The highest BCUT2D eigenvalue weighted by atomic mass is 16.5. The summed E-state index contributed by atoms with van der Waals surface area (Å²) in [5.74, 6) is -0.527. The normalized spacial score (nSPS) is 11.2. The second-order valence-electron chi connectivity index (χ2n) is 5.22. The van der Waals surface area contributed by atoms with Crippen molar-refractivity contribution in [3.63, 3.8) is 0 Å². The summed E-state index contributed by atoms with van der Waals surface area (Å²) >= 11 is 0. The number of carbonyl (C=O) groups excluding carboxylic acids is 1. The van der Waals surface area contributed by atoms with Crippen LogP contribution in [0.15, 0.2) is 53.5 Å². The third kappa shape index (κ3) is 2.63. The fourth-order valence-electron chi connectivity index (χ4n) is 2.36. The summed E-state index contributed by atoms with van der Waals surface area (Å²) in [6.45, 7) is 1.56. The molecule has 0 atom stereocenters. The first-order valence-electron chi connectivity index (χ1n) is 7.17. The van der Waals surface area contributed by atoms with Gasteiger partial charge in [0.05, 0.1) is 15.8 Å². The molecule has 3 rings (SSSR count). The van der Waals surface area contributed by atoms with Crippen molar-refractivity contribution in [2.24, 2.45) is 10.7 Å². The maximum atomic E-state index is 12.5. The van der Waals surface area contributed by atoms with Crippen molar-refractivity contribution in [2.45, 2.75) is 6.92 Å². The SMILES string of the molecule is Cc1c(C=Nc2ccc(C(N)=O)cc2)[n+](=O)c2ccccc2n1[O-]. The lowest BCUT2D eigenvalue weighted by Crippen LogP contribution is -2.26. The first-order chi connectivity index (χ1) is 11.5. The molecule has 7 heteroatoms. The zero-order valence-electron chi connectivity index (χ0n) is 12.8. The molecule has 0 fully saturated rings. The Balaban J connectivity index is 2.07. The van der Waals surface area contributed by atoms with Gasteiger partial charge in [-0.3, -0.25) is 4.79 Å². The van der Waals surface area contributed by atoms with E-state index >= 15 is 0 Å². The van der Waals surface area contributed by atoms with E-state index in [9.17, 15) is 14.9 Å². The molecule has 1 aromatic heterocycles. The van der Waals surface area contributed by atoms with Gasteiger partial charge in [-0.15, -0.1) is 0 Å². The number of carbonyl (C=O) groups is 1. The maximum absolute atomic E-state index is 12.5. The first kappa shape index (κ1) is 15.4. The number of nitrogens with zero attached hydrogens (tertiary/aromatic N) is 3.